The van der Waals surface area contributed by atoms with Gasteiger partial charge in [-0.05, 0) is 13.0 Å². The Hall–Kier alpha value is -1.26. The number of para-hydroxylation sites is 1. The van der Waals surface area contributed by atoms with Gasteiger partial charge in [0.05, 0.1) is 19.8 Å². The summed E-state index contributed by atoms with van der Waals surface area (Å²) in [6.45, 7) is 7.18. The minimum absolute atomic E-state index is 0.355. The second-order valence-corrected chi connectivity index (χ2v) is 4.97. The van der Waals surface area contributed by atoms with Gasteiger partial charge < -0.3 is 19.9 Å². The topological polar surface area (TPSA) is 50.7 Å². The molecule has 4 nitrogen and oxygen atoms in total. The summed E-state index contributed by atoms with van der Waals surface area (Å²) in [4.78, 5) is 0. The highest BCUT2D eigenvalue weighted by Gasteiger charge is 2.11. The van der Waals surface area contributed by atoms with Crippen molar-refractivity contribution in [3.05, 3.63) is 23.8 Å². The Morgan fingerprint density at radius 1 is 1.26 bits per heavy atom. The smallest absolute Gasteiger partial charge is 0.165 e. The van der Waals surface area contributed by atoms with Crippen molar-refractivity contribution < 1.29 is 14.6 Å². The average molecular weight is 267 g/mol. The first-order valence-corrected chi connectivity index (χ1v) is 6.74. The Bertz CT molecular complexity index is 378. The summed E-state index contributed by atoms with van der Waals surface area (Å²) in [7, 11) is 1.64. The lowest BCUT2D eigenvalue weighted by molar-refractivity contribution is 0.153. The lowest BCUT2D eigenvalue weighted by atomic mass is 10.1. The van der Waals surface area contributed by atoms with E-state index in [0.29, 0.717) is 19.1 Å². The van der Waals surface area contributed by atoms with Crippen molar-refractivity contribution in [2.24, 2.45) is 0 Å². The molecule has 19 heavy (non-hydrogen) atoms. The van der Waals surface area contributed by atoms with Gasteiger partial charge in [0.2, 0.25) is 0 Å². The normalized spacial score (nSPS) is 12.5. The molecule has 0 aliphatic carbocycles. The maximum absolute atomic E-state index is 9.28. The molecule has 2 N–H and O–H groups in total. The van der Waals surface area contributed by atoms with Crippen LogP contribution in [0.3, 0.4) is 0 Å². The monoisotopic (exact) mass is 267 g/mol. The molecule has 1 atom stereocenters. The van der Waals surface area contributed by atoms with Gasteiger partial charge >= 0.3 is 0 Å². The zero-order valence-electron chi connectivity index (χ0n) is 12.3. The van der Waals surface area contributed by atoms with Crippen molar-refractivity contribution in [3.8, 4) is 11.5 Å². The summed E-state index contributed by atoms with van der Waals surface area (Å²) in [5, 5.41) is 12.6. The number of benzene rings is 1. The highest BCUT2D eigenvalue weighted by atomic mass is 16.5. The minimum Gasteiger partial charge on any atom is -0.493 e. The van der Waals surface area contributed by atoms with Crippen LogP contribution in [0.4, 0.5) is 0 Å². The number of ether oxygens (including phenoxy) is 2. The number of hydrogen-bond acceptors (Lipinski definition) is 4. The molecule has 0 spiro atoms. The van der Waals surface area contributed by atoms with E-state index in [1.807, 2.05) is 18.2 Å². The zero-order valence-corrected chi connectivity index (χ0v) is 12.3. The first-order chi connectivity index (χ1) is 9.04. The molecule has 1 aromatic rings. The first kappa shape index (κ1) is 15.8. The van der Waals surface area contributed by atoms with E-state index in [-0.39, 0.29) is 6.10 Å². The third kappa shape index (κ3) is 5.49. The summed E-state index contributed by atoms with van der Waals surface area (Å²) in [5.41, 5.74) is 1.07. The number of rotatable bonds is 8. The molecule has 0 amide bonds. The highest BCUT2D eigenvalue weighted by molar-refractivity contribution is 5.46. The summed E-state index contributed by atoms with van der Waals surface area (Å²) < 4.78 is 11.1. The second kappa shape index (κ2) is 8.02. The standard InChI is InChI=1S/C15H25NO3/c1-11(2)16-10-13-6-5-7-14(18-4)15(13)19-9-8-12(3)17/h5-7,11-12,16-17H,8-10H2,1-4H3. The van der Waals surface area contributed by atoms with Gasteiger partial charge in [-0.2, -0.15) is 0 Å². The van der Waals surface area contributed by atoms with E-state index in [0.717, 1.165) is 23.6 Å². The van der Waals surface area contributed by atoms with Crippen molar-refractivity contribution in [3.63, 3.8) is 0 Å². The fourth-order valence-electron chi connectivity index (χ4n) is 1.67. The zero-order chi connectivity index (χ0) is 14.3. The van der Waals surface area contributed by atoms with Crippen LogP contribution in [0, 0.1) is 0 Å². The Kier molecular flexibility index (Phi) is 6.67. The van der Waals surface area contributed by atoms with Crippen LogP contribution < -0.4 is 14.8 Å². The van der Waals surface area contributed by atoms with Gasteiger partial charge in [-0.1, -0.05) is 26.0 Å². The van der Waals surface area contributed by atoms with Gasteiger partial charge in [-0.25, -0.2) is 0 Å². The van der Waals surface area contributed by atoms with E-state index in [1.165, 1.54) is 0 Å². The number of aliphatic hydroxyl groups excluding tert-OH is 1. The molecular weight excluding hydrogens is 242 g/mol. The molecule has 0 fully saturated rings. The van der Waals surface area contributed by atoms with Crippen LogP contribution >= 0.6 is 0 Å². The summed E-state index contributed by atoms with van der Waals surface area (Å²) in [6, 6.07) is 6.28. The second-order valence-electron chi connectivity index (χ2n) is 4.97. The molecule has 1 aromatic carbocycles. The Morgan fingerprint density at radius 2 is 2.00 bits per heavy atom. The molecule has 0 saturated heterocycles. The molecular formula is C15H25NO3. The van der Waals surface area contributed by atoms with Crippen LogP contribution in [-0.2, 0) is 6.54 Å². The number of hydrogen-bond donors (Lipinski definition) is 2. The predicted octanol–water partition coefficient (Wildman–Crippen LogP) is 2.34. The average Bonchev–Trinajstić information content (AvgIpc) is 2.36. The molecule has 4 heteroatoms. The third-order valence-corrected chi connectivity index (χ3v) is 2.76. The maximum atomic E-state index is 9.28. The number of methoxy groups -OCH3 is 1. The Balaban J connectivity index is 2.77. The first-order valence-electron chi connectivity index (χ1n) is 6.74. The van der Waals surface area contributed by atoms with Crippen LogP contribution in [0.2, 0.25) is 0 Å². The molecule has 1 unspecified atom stereocenters. The number of nitrogens with one attached hydrogen (secondary N) is 1. The number of aliphatic hydroxyl groups is 1. The Labute approximate surface area is 115 Å². The van der Waals surface area contributed by atoms with Crippen molar-refractivity contribution >= 4 is 0 Å². The molecule has 0 aliphatic heterocycles. The van der Waals surface area contributed by atoms with Crippen LogP contribution in [-0.4, -0.2) is 31.0 Å². The Morgan fingerprint density at radius 3 is 2.58 bits per heavy atom. The van der Waals surface area contributed by atoms with Gasteiger partial charge in [-0.3, -0.25) is 0 Å². The van der Waals surface area contributed by atoms with Crippen molar-refractivity contribution in [1.29, 1.82) is 0 Å². The van der Waals surface area contributed by atoms with E-state index in [9.17, 15) is 5.11 Å². The van der Waals surface area contributed by atoms with E-state index in [2.05, 4.69) is 19.2 Å². The van der Waals surface area contributed by atoms with Crippen molar-refractivity contribution in [1.82, 2.24) is 5.32 Å². The lowest BCUT2D eigenvalue weighted by Crippen LogP contribution is -2.22. The van der Waals surface area contributed by atoms with Gasteiger partial charge in [0.25, 0.3) is 0 Å². The summed E-state index contributed by atoms with van der Waals surface area (Å²) >= 11 is 0. The molecule has 0 radical (unpaired) electrons. The van der Waals surface area contributed by atoms with Gasteiger partial charge in [0.15, 0.2) is 11.5 Å². The predicted molar refractivity (Wildman–Crippen MR) is 76.8 cm³/mol. The van der Waals surface area contributed by atoms with Crippen molar-refractivity contribution in [2.75, 3.05) is 13.7 Å². The van der Waals surface area contributed by atoms with Crippen LogP contribution in [0.25, 0.3) is 0 Å². The third-order valence-electron chi connectivity index (χ3n) is 2.76. The fourth-order valence-corrected chi connectivity index (χ4v) is 1.67. The van der Waals surface area contributed by atoms with E-state index in [1.54, 1.807) is 14.0 Å². The summed E-state index contributed by atoms with van der Waals surface area (Å²) in [5.74, 6) is 1.49. The van der Waals surface area contributed by atoms with E-state index < -0.39 is 0 Å². The summed E-state index contributed by atoms with van der Waals surface area (Å²) in [6.07, 6.45) is 0.252. The molecule has 0 saturated carbocycles. The molecule has 0 bridgehead atoms. The lowest BCUT2D eigenvalue weighted by Gasteiger charge is -2.17. The fraction of sp³-hybridized carbons (Fsp3) is 0.600. The molecule has 108 valence electrons. The largest absolute Gasteiger partial charge is 0.493 e. The van der Waals surface area contributed by atoms with Gasteiger partial charge in [0.1, 0.15) is 0 Å². The van der Waals surface area contributed by atoms with Gasteiger partial charge in [-0.15, -0.1) is 0 Å². The van der Waals surface area contributed by atoms with E-state index in [4.69, 9.17) is 9.47 Å². The highest BCUT2D eigenvalue weighted by Crippen LogP contribution is 2.31. The van der Waals surface area contributed by atoms with Crippen LogP contribution in [0.1, 0.15) is 32.8 Å². The van der Waals surface area contributed by atoms with Gasteiger partial charge in [0, 0.05) is 24.6 Å². The molecule has 0 heterocycles. The minimum atomic E-state index is -0.355. The maximum Gasteiger partial charge on any atom is 0.165 e. The van der Waals surface area contributed by atoms with Crippen molar-refractivity contribution in [2.45, 2.75) is 45.9 Å². The molecule has 0 aliphatic rings. The molecule has 1 rings (SSSR count). The SMILES string of the molecule is COc1cccc(CNC(C)C)c1OCCC(C)O. The molecule has 0 aromatic heterocycles. The van der Waals surface area contributed by atoms with Crippen LogP contribution in [0.5, 0.6) is 11.5 Å². The van der Waals surface area contributed by atoms with Crippen LogP contribution in [0.15, 0.2) is 18.2 Å². The quantitative estimate of drug-likeness (QED) is 0.759. The van der Waals surface area contributed by atoms with E-state index >= 15 is 0 Å².